The third kappa shape index (κ3) is 3.53. The lowest BCUT2D eigenvalue weighted by atomic mass is 9.88. The third-order valence-electron chi connectivity index (χ3n) is 3.36. The highest BCUT2D eigenvalue weighted by Gasteiger charge is 2.31. The second kappa shape index (κ2) is 6.30. The normalized spacial score (nSPS) is 13.7. The molecule has 0 spiro atoms. The van der Waals surface area contributed by atoms with Crippen LogP contribution in [0.25, 0.3) is 0 Å². The molecule has 1 unspecified atom stereocenters. The summed E-state index contributed by atoms with van der Waals surface area (Å²) in [6, 6.07) is 4.98. The standard InChI is InChI=1S/C15H24FNO/c1-6-9-17-14(15(3,4)18-5)13-8-7-12(16)10-11(13)2/h7-8,10,14,17H,6,9H2,1-5H3. The maximum Gasteiger partial charge on any atom is 0.123 e. The van der Waals surface area contributed by atoms with Gasteiger partial charge in [-0.05, 0) is 57.0 Å². The molecule has 1 atom stereocenters. The van der Waals surface area contributed by atoms with Crippen molar-refractivity contribution >= 4 is 0 Å². The van der Waals surface area contributed by atoms with Crippen molar-refractivity contribution in [2.45, 2.75) is 45.8 Å². The molecule has 1 aromatic rings. The van der Waals surface area contributed by atoms with Gasteiger partial charge in [-0.3, -0.25) is 0 Å². The van der Waals surface area contributed by atoms with Crippen molar-refractivity contribution in [3.05, 3.63) is 35.1 Å². The lowest BCUT2D eigenvalue weighted by Gasteiger charge is -2.35. The number of benzene rings is 1. The number of ether oxygens (including phenoxy) is 1. The largest absolute Gasteiger partial charge is 0.377 e. The summed E-state index contributed by atoms with van der Waals surface area (Å²) in [7, 11) is 1.71. The van der Waals surface area contributed by atoms with Crippen LogP contribution in [0.1, 0.15) is 44.4 Å². The van der Waals surface area contributed by atoms with Crippen LogP contribution >= 0.6 is 0 Å². The quantitative estimate of drug-likeness (QED) is 0.836. The Labute approximate surface area is 110 Å². The van der Waals surface area contributed by atoms with Crippen molar-refractivity contribution in [2.24, 2.45) is 0 Å². The van der Waals surface area contributed by atoms with Crippen LogP contribution in [-0.4, -0.2) is 19.3 Å². The Balaban J connectivity index is 3.09. The number of hydrogen-bond donors (Lipinski definition) is 1. The summed E-state index contributed by atoms with van der Waals surface area (Å²) in [6.07, 6.45) is 1.05. The van der Waals surface area contributed by atoms with E-state index in [0.29, 0.717) is 0 Å². The Morgan fingerprint density at radius 3 is 2.56 bits per heavy atom. The predicted octanol–water partition coefficient (Wildman–Crippen LogP) is 3.60. The van der Waals surface area contributed by atoms with Crippen molar-refractivity contribution in [3.63, 3.8) is 0 Å². The monoisotopic (exact) mass is 253 g/mol. The van der Waals surface area contributed by atoms with Crippen LogP contribution in [0.4, 0.5) is 4.39 Å². The first-order valence-electron chi connectivity index (χ1n) is 6.47. The molecule has 18 heavy (non-hydrogen) atoms. The second-order valence-electron chi connectivity index (χ2n) is 5.20. The Morgan fingerprint density at radius 1 is 1.39 bits per heavy atom. The molecule has 1 aromatic carbocycles. The zero-order valence-electron chi connectivity index (χ0n) is 12.0. The molecule has 0 amide bonds. The molecule has 0 heterocycles. The first-order chi connectivity index (χ1) is 8.42. The van der Waals surface area contributed by atoms with E-state index in [1.807, 2.05) is 26.8 Å². The zero-order valence-corrected chi connectivity index (χ0v) is 12.0. The first kappa shape index (κ1) is 15.1. The maximum absolute atomic E-state index is 13.2. The molecule has 0 aromatic heterocycles. The highest BCUT2D eigenvalue weighted by molar-refractivity contribution is 5.31. The SMILES string of the molecule is CCCNC(c1ccc(F)cc1C)C(C)(C)OC. The van der Waals surface area contributed by atoms with E-state index in [1.165, 1.54) is 6.07 Å². The smallest absolute Gasteiger partial charge is 0.123 e. The van der Waals surface area contributed by atoms with Crippen molar-refractivity contribution in [3.8, 4) is 0 Å². The van der Waals surface area contributed by atoms with Crippen LogP contribution in [0.5, 0.6) is 0 Å². The summed E-state index contributed by atoms with van der Waals surface area (Å²) >= 11 is 0. The Kier molecular flexibility index (Phi) is 5.29. The van der Waals surface area contributed by atoms with Crippen LogP contribution in [0.3, 0.4) is 0 Å². The Bertz CT molecular complexity index is 390. The van der Waals surface area contributed by atoms with Gasteiger partial charge in [0.05, 0.1) is 11.6 Å². The fourth-order valence-electron chi connectivity index (χ4n) is 2.10. The molecule has 0 saturated heterocycles. The molecule has 0 aliphatic carbocycles. The molecular formula is C15H24FNO. The fourth-order valence-corrected chi connectivity index (χ4v) is 2.10. The first-order valence-corrected chi connectivity index (χ1v) is 6.47. The Morgan fingerprint density at radius 2 is 2.06 bits per heavy atom. The molecule has 0 radical (unpaired) electrons. The summed E-state index contributed by atoms with van der Waals surface area (Å²) in [4.78, 5) is 0. The summed E-state index contributed by atoms with van der Waals surface area (Å²) in [6.45, 7) is 9.06. The average Bonchev–Trinajstić information content (AvgIpc) is 2.31. The van der Waals surface area contributed by atoms with Gasteiger partial charge < -0.3 is 10.1 Å². The minimum Gasteiger partial charge on any atom is -0.377 e. The van der Waals surface area contributed by atoms with E-state index in [4.69, 9.17) is 4.74 Å². The lowest BCUT2D eigenvalue weighted by Crippen LogP contribution is -2.41. The molecule has 0 fully saturated rings. The highest BCUT2D eigenvalue weighted by Crippen LogP contribution is 2.30. The molecule has 0 bridgehead atoms. The molecule has 3 heteroatoms. The van der Waals surface area contributed by atoms with Crippen LogP contribution in [0, 0.1) is 12.7 Å². The zero-order chi connectivity index (χ0) is 13.8. The van der Waals surface area contributed by atoms with E-state index >= 15 is 0 Å². The van der Waals surface area contributed by atoms with Crippen molar-refractivity contribution in [2.75, 3.05) is 13.7 Å². The second-order valence-corrected chi connectivity index (χ2v) is 5.20. The van der Waals surface area contributed by atoms with E-state index in [-0.39, 0.29) is 17.5 Å². The van der Waals surface area contributed by atoms with Crippen molar-refractivity contribution in [1.82, 2.24) is 5.32 Å². The summed E-state index contributed by atoms with van der Waals surface area (Å²) in [5, 5.41) is 3.49. The molecule has 1 rings (SSSR count). The van der Waals surface area contributed by atoms with Crippen LogP contribution in [0.15, 0.2) is 18.2 Å². The van der Waals surface area contributed by atoms with Crippen LogP contribution in [0.2, 0.25) is 0 Å². The molecule has 0 aliphatic heterocycles. The topological polar surface area (TPSA) is 21.3 Å². The summed E-state index contributed by atoms with van der Waals surface area (Å²) < 4.78 is 18.8. The third-order valence-corrected chi connectivity index (χ3v) is 3.36. The molecular weight excluding hydrogens is 229 g/mol. The van der Waals surface area contributed by atoms with Crippen molar-refractivity contribution in [1.29, 1.82) is 0 Å². The average molecular weight is 253 g/mol. The van der Waals surface area contributed by atoms with Gasteiger partial charge in [0.1, 0.15) is 5.82 Å². The minimum absolute atomic E-state index is 0.0584. The van der Waals surface area contributed by atoms with Crippen molar-refractivity contribution < 1.29 is 9.13 Å². The fraction of sp³-hybridized carbons (Fsp3) is 0.600. The molecule has 102 valence electrons. The number of halogens is 1. The Hall–Kier alpha value is -0.930. The molecule has 0 aliphatic rings. The number of rotatable bonds is 6. The van der Waals surface area contributed by atoms with Crippen LogP contribution < -0.4 is 5.32 Å². The van der Waals surface area contributed by atoms with E-state index < -0.39 is 0 Å². The number of hydrogen-bond acceptors (Lipinski definition) is 2. The van der Waals surface area contributed by atoms with Gasteiger partial charge in [-0.25, -0.2) is 4.39 Å². The highest BCUT2D eigenvalue weighted by atomic mass is 19.1. The molecule has 0 saturated carbocycles. The predicted molar refractivity (Wildman–Crippen MR) is 73.3 cm³/mol. The van der Waals surface area contributed by atoms with E-state index in [1.54, 1.807) is 13.2 Å². The number of aryl methyl sites for hydroxylation is 1. The van der Waals surface area contributed by atoms with Gasteiger partial charge in [0.25, 0.3) is 0 Å². The number of methoxy groups -OCH3 is 1. The van der Waals surface area contributed by atoms with Crippen LogP contribution in [-0.2, 0) is 4.74 Å². The molecule has 2 nitrogen and oxygen atoms in total. The summed E-state index contributed by atoms with van der Waals surface area (Å²) in [5.41, 5.74) is 1.71. The van der Waals surface area contributed by atoms with Gasteiger partial charge in [-0.1, -0.05) is 13.0 Å². The van der Waals surface area contributed by atoms with Gasteiger partial charge in [0.2, 0.25) is 0 Å². The van der Waals surface area contributed by atoms with Gasteiger partial charge >= 0.3 is 0 Å². The van der Waals surface area contributed by atoms with E-state index in [2.05, 4.69) is 12.2 Å². The molecule has 1 N–H and O–H groups in total. The van der Waals surface area contributed by atoms with Gasteiger partial charge in [-0.15, -0.1) is 0 Å². The van der Waals surface area contributed by atoms with Gasteiger partial charge in [0.15, 0.2) is 0 Å². The van der Waals surface area contributed by atoms with Gasteiger partial charge in [0, 0.05) is 7.11 Å². The van der Waals surface area contributed by atoms with E-state index in [0.717, 1.165) is 24.1 Å². The number of nitrogens with one attached hydrogen (secondary N) is 1. The van der Waals surface area contributed by atoms with E-state index in [9.17, 15) is 4.39 Å². The minimum atomic E-state index is -0.336. The summed E-state index contributed by atoms with van der Waals surface area (Å²) in [5.74, 6) is -0.194. The lowest BCUT2D eigenvalue weighted by molar-refractivity contribution is -0.0112. The van der Waals surface area contributed by atoms with Gasteiger partial charge in [-0.2, -0.15) is 0 Å². The maximum atomic E-state index is 13.2.